The molecular formula is C21H35O. The first-order chi connectivity index (χ1) is 10.9. The molecule has 0 heterocycles. The molecule has 1 heteroatoms. The van der Waals surface area contributed by atoms with Crippen molar-refractivity contribution in [2.24, 2.45) is 0 Å². The Morgan fingerprint density at radius 3 is 1.55 bits per heavy atom. The maximum absolute atomic E-state index is 5.70. The number of unbranched alkanes of at least 4 members (excludes halogenated alkanes) is 12. The molecule has 1 aromatic carbocycles. The normalized spacial score (nSPS) is 10.8. The van der Waals surface area contributed by atoms with E-state index in [-0.39, 0.29) is 0 Å². The van der Waals surface area contributed by atoms with Crippen LogP contribution in [0.1, 0.15) is 83.5 Å². The Hall–Kier alpha value is -0.980. The molecule has 0 spiro atoms. The summed E-state index contributed by atoms with van der Waals surface area (Å²) >= 11 is 0. The second kappa shape index (κ2) is 14.9. The molecule has 0 saturated carbocycles. The van der Waals surface area contributed by atoms with Gasteiger partial charge >= 0.3 is 0 Å². The number of para-hydroxylation sites is 1. The zero-order valence-electron chi connectivity index (χ0n) is 14.4. The van der Waals surface area contributed by atoms with Crippen molar-refractivity contribution in [3.05, 3.63) is 37.3 Å². The largest absolute Gasteiger partial charge is 0.494 e. The van der Waals surface area contributed by atoms with Gasteiger partial charge in [-0.2, -0.15) is 0 Å². The van der Waals surface area contributed by atoms with Gasteiger partial charge in [0.25, 0.3) is 0 Å². The van der Waals surface area contributed by atoms with Crippen LogP contribution in [-0.4, -0.2) is 6.61 Å². The van der Waals surface area contributed by atoms with Crippen LogP contribution in [-0.2, 0) is 0 Å². The summed E-state index contributed by atoms with van der Waals surface area (Å²) in [7, 11) is 0. The minimum atomic E-state index is 0.858. The summed E-state index contributed by atoms with van der Waals surface area (Å²) in [4.78, 5) is 0. The average Bonchev–Trinajstić information content (AvgIpc) is 2.56. The lowest BCUT2D eigenvalue weighted by Gasteiger charge is -2.06. The third-order valence-electron chi connectivity index (χ3n) is 4.16. The van der Waals surface area contributed by atoms with E-state index in [9.17, 15) is 0 Å². The van der Waals surface area contributed by atoms with Gasteiger partial charge in [0.05, 0.1) is 6.61 Å². The van der Waals surface area contributed by atoms with E-state index in [0.29, 0.717) is 0 Å². The van der Waals surface area contributed by atoms with E-state index in [1.54, 1.807) is 0 Å². The van der Waals surface area contributed by atoms with E-state index in [4.69, 9.17) is 4.74 Å². The number of ether oxygens (including phenoxy) is 1. The fourth-order valence-electron chi connectivity index (χ4n) is 2.75. The van der Waals surface area contributed by atoms with Gasteiger partial charge in [0.2, 0.25) is 0 Å². The Morgan fingerprint density at radius 1 is 0.591 bits per heavy atom. The molecule has 0 aliphatic carbocycles. The van der Waals surface area contributed by atoms with Gasteiger partial charge < -0.3 is 4.74 Å². The van der Waals surface area contributed by atoms with Crippen molar-refractivity contribution >= 4 is 0 Å². The van der Waals surface area contributed by atoms with Gasteiger partial charge in [0.1, 0.15) is 5.75 Å². The van der Waals surface area contributed by atoms with Crippen LogP contribution in [0.15, 0.2) is 30.3 Å². The highest BCUT2D eigenvalue weighted by Gasteiger charge is 1.95. The van der Waals surface area contributed by atoms with Gasteiger partial charge in [-0.05, 0) is 18.6 Å². The Morgan fingerprint density at radius 2 is 1.05 bits per heavy atom. The van der Waals surface area contributed by atoms with Crippen molar-refractivity contribution in [2.45, 2.75) is 83.5 Å². The molecule has 0 bridgehead atoms. The maximum atomic E-state index is 5.70. The van der Waals surface area contributed by atoms with E-state index in [2.05, 4.69) is 6.92 Å². The molecule has 1 aromatic rings. The Balaban J connectivity index is 1.73. The lowest BCUT2D eigenvalue weighted by Crippen LogP contribution is -1.96. The standard InChI is InChI=1S/C21H35O/c1-2-3-4-5-6-7-8-9-10-11-12-13-17-20-22-21-18-15-14-16-19-21/h14-16,18-19H,1-13,17,20H2. The molecule has 0 aliphatic heterocycles. The molecule has 0 saturated heterocycles. The van der Waals surface area contributed by atoms with Gasteiger partial charge in [0.15, 0.2) is 0 Å². The van der Waals surface area contributed by atoms with Crippen molar-refractivity contribution in [1.82, 2.24) is 0 Å². The molecular weight excluding hydrogens is 268 g/mol. The molecule has 125 valence electrons. The zero-order valence-corrected chi connectivity index (χ0v) is 14.4. The molecule has 0 unspecified atom stereocenters. The van der Waals surface area contributed by atoms with Crippen molar-refractivity contribution in [3.63, 3.8) is 0 Å². The minimum Gasteiger partial charge on any atom is -0.494 e. The van der Waals surface area contributed by atoms with Crippen LogP contribution in [0.4, 0.5) is 0 Å². The van der Waals surface area contributed by atoms with Gasteiger partial charge in [-0.3, -0.25) is 0 Å². The number of rotatable bonds is 15. The van der Waals surface area contributed by atoms with Crippen LogP contribution in [0.3, 0.4) is 0 Å². The molecule has 0 N–H and O–H groups in total. The van der Waals surface area contributed by atoms with E-state index < -0.39 is 0 Å². The highest BCUT2D eigenvalue weighted by Crippen LogP contribution is 2.13. The van der Waals surface area contributed by atoms with Crippen molar-refractivity contribution < 1.29 is 4.74 Å². The summed E-state index contributed by atoms with van der Waals surface area (Å²) in [5.74, 6) is 0.998. The monoisotopic (exact) mass is 303 g/mol. The third-order valence-corrected chi connectivity index (χ3v) is 4.16. The van der Waals surface area contributed by atoms with E-state index in [0.717, 1.165) is 18.8 Å². The molecule has 1 nitrogen and oxygen atoms in total. The summed E-state index contributed by atoms with van der Waals surface area (Å²) in [6, 6.07) is 10.1. The fraction of sp³-hybridized carbons (Fsp3) is 0.667. The van der Waals surface area contributed by atoms with Crippen molar-refractivity contribution in [2.75, 3.05) is 6.61 Å². The molecule has 0 aromatic heterocycles. The summed E-state index contributed by atoms with van der Waals surface area (Å²) in [5, 5.41) is 0. The highest BCUT2D eigenvalue weighted by molar-refractivity contribution is 5.20. The summed E-state index contributed by atoms with van der Waals surface area (Å²) in [6.45, 7) is 4.75. The van der Waals surface area contributed by atoms with Gasteiger partial charge in [-0.25, -0.2) is 0 Å². The van der Waals surface area contributed by atoms with Crippen LogP contribution in [0.5, 0.6) is 5.75 Å². The first kappa shape index (κ1) is 19.1. The molecule has 0 atom stereocenters. The lowest BCUT2D eigenvalue weighted by atomic mass is 10.0. The first-order valence-electron chi connectivity index (χ1n) is 9.40. The van der Waals surface area contributed by atoms with E-state index in [1.165, 1.54) is 77.0 Å². The van der Waals surface area contributed by atoms with Gasteiger partial charge in [-0.1, -0.05) is 102 Å². The molecule has 1 rings (SSSR count). The summed E-state index contributed by atoms with van der Waals surface area (Å²) in [5.41, 5.74) is 0. The molecule has 0 aliphatic rings. The summed E-state index contributed by atoms with van der Waals surface area (Å²) < 4.78 is 5.70. The highest BCUT2D eigenvalue weighted by atomic mass is 16.5. The molecule has 0 fully saturated rings. The minimum absolute atomic E-state index is 0.858. The fourth-order valence-corrected chi connectivity index (χ4v) is 2.75. The quantitative estimate of drug-likeness (QED) is 0.318. The Bertz CT molecular complexity index is 320. The lowest BCUT2D eigenvalue weighted by molar-refractivity contribution is 0.304. The smallest absolute Gasteiger partial charge is 0.119 e. The van der Waals surface area contributed by atoms with Gasteiger partial charge in [0, 0.05) is 0 Å². The third kappa shape index (κ3) is 11.7. The second-order valence-electron chi connectivity index (χ2n) is 6.26. The molecule has 22 heavy (non-hydrogen) atoms. The summed E-state index contributed by atoms with van der Waals surface area (Å²) in [6.07, 6.45) is 17.6. The van der Waals surface area contributed by atoms with Crippen LogP contribution < -0.4 is 4.74 Å². The second-order valence-corrected chi connectivity index (χ2v) is 6.26. The molecule has 0 amide bonds. The predicted octanol–water partition coefficient (Wildman–Crippen LogP) is 6.97. The van der Waals surface area contributed by atoms with Gasteiger partial charge in [-0.15, -0.1) is 0 Å². The van der Waals surface area contributed by atoms with Crippen LogP contribution in [0, 0.1) is 6.92 Å². The predicted molar refractivity (Wildman–Crippen MR) is 97.3 cm³/mol. The first-order valence-corrected chi connectivity index (χ1v) is 9.40. The molecule has 1 radical (unpaired) electrons. The van der Waals surface area contributed by atoms with E-state index >= 15 is 0 Å². The number of hydrogen-bond donors (Lipinski definition) is 0. The maximum Gasteiger partial charge on any atom is 0.119 e. The SMILES string of the molecule is [CH2]CCCCCCCCCCCCCCOc1ccccc1. The zero-order chi connectivity index (χ0) is 15.7. The van der Waals surface area contributed by atoms with E-state index in [1.807, 2.05) is 30.3 Å². The Labute approximate surface area is 138 Å². The van der Waals surface area contributed by atoms with Crippen molar-refractivity contribution in [1.29, 1.82) is 0 Å². The van der Waals surface area contributed by atoms with Crippen LogP contribution in [0.2, 0.25) is 0 Å². The number of benzene rings is 1. The van der Waals surface area contributed by atoms with Crippen molar-refractivity contribution in [3.8, 4) is 5.75 Å². The van der Waals surface area contributed by atoms with Crippen LogP contribution in [0.25, 0.3) is 0 Å². The van der Waals surface area contributed by atoms with Crippen LogP contribution >= 0.6 is 0 Å². The average molecular weight is 304 g/mol. The number of hydrogen-bond acceptors (Lipinski definition) is 1. The Kier molecular flexibility index (Phi) is 12.9. The topological polar surface area (TPSA) is 9.23 Å².